The van der Waals surface area contributed by atoms with Crippen LogP contribution < -0.4 is 9.05 Å². The molecule has 0 radical (unpaired) electrons. The molecule has 3 rings (SSSR count). The van der Waals surface area contributed by atoms with Crippen LogP contribution in [0.25, 0.3) is 6.08 Å². The van der Waals surface area contributed by atoms with Crippen molar-refractivity contribution in [1.29, 1.82) is 0 Å². The van der Waals surface area contributed by atoms with E-state index in [1.807, 2.05) is 78.9 Å². The maximum atomic E-state index is 13.2. The molecule has 4 heteroatoms. The summed E-state index contributed by atoms with van der Waals surface area (Å²) in [5.74, 6) is 2.44. The topological polar surface area (TPSA) is 35.5 Å². The molecule has 0 saturated heterocycles. The molecule has 0 aromatic heterocycles. The van der Waals surface area contributed by atoms with Crippen LogP contribution in [-0.4, -0.2) is 0 Å². The Balaban J connectivity index is 1.79. The van der Waals surface area contributed by atoms with Crippen molar-refractivity contribution in [3.63, 3.8) is 0 Å². The second kappa shape index (κ2) is 8.89. The molecule has 0 N–H and O–H groups in total. The summed E-state index contributed by atoms with van der Waals surface area (Å²) in [5.41, 5.74) is 1.06. The van der Waals surface area contributed by atoms with E-state index >= 15 is 0 Å². The van der Waals surface area contributed by atoms with Crippen LogP contribution in [0, 0.1) is 0 Å². The third kappa shape index (κ3) is 5.51. The average molecular weight is 362 g/mol. The second-order valence-corrected chi connectivity index (χ2v) is 7.20. The van der Waals surface area contributed by atoms with E-state index < -0.39 is 7.60 Å². The SMILES string of the molecule is O=P(/C=C/C=C/c1ccccc1)(Oc1ccccc1)Oc1ccccc1. The number of hydrogen-bond acceptors (Lipinski definition) is 3. The molecule has 3 aromatic rings. The van der Waals surface area contributed by atoms with E-state index in [0.29, 0.717) is 11.5 Å². The van der Waals surface area contributed by atoms with Crippen molar-refractivity contribution in [2.24, 2.45) is 0 Å². The largest absolute Gasteiger partial charge is 0.455 e. The van der Waals surface area contributed by atoms with Gasteiger partial charge < -0.3 is 9.05 Å². The Morgan fingerprint density at radius 2 is 1.08 bits per heavy atom. The zero-order valence-corrected chi connectivity index (χ0v) is 15.0. The van der Waals surface area contributed by atoms with Crippen LogP contribution in [0.3, 0.4) is 0 Å². The molecule has 0 amide bonds. The highest BCUT2D eigenvalue weighted by Crippen LogP contribution is 2.49. The van der Waals surface area contributed by atoms with Gasteiger partial charge in [-0.25, -0.2) is 4.57 Å². The molecular weight excluding hydrogens is 343 g/mol. The first-order chi connectivity index (χ1) is 12.7. The first-order valence-corrected chi connectivity index (χ1v) is 9.85. The first kappa shape index (κ1) is 17.8. The van der Waals surface area contributed by atoms with Crippen LogP contribution in [0.5, 0.6) is 11.5 Å². The van der Waals surface area contributed by atoms with Crippen molar-refractivity contribution in [1.82, 2.24) is 0 Å². The highest BCUT2D eigenvalue weighted by atomic mass is 31.2. The van der Waals surface area contributed by atoms with E-state index in [9.17, 15) is 4.57 Å². The summed E-state index contributed by atoms with van der Waals surface area (Å²) in [7, 11) is -3.52. The van der Waals surface area contributed by atoms with E-state index in [4.69, 9.17) is 9.05 Å². The summed E-state index contributed by atoms with van der Waals surface area (Å²) in [5, 5.41) is 0. The Labute approximate surface area is 153 Å². The average Bonchev–Trinajstić information content (AvgIpc) is 2.68. The Hall–Kier alpha value is -3.03. The smallest absolute Gasteiger partial charge is 0.413 e. The van der Waals surface area contributed by atoms with E-state index in [-0.39, 0.29) is 0 Å². The normalized spacial score (nSPS) is 11.7. The van der Waals surface area contributed by atoms with Gasteiger partial charge in [-0.3, -0.25) is 0 Å². The summed E-state index contributed by atoms with van der Waals surface area (Å²) in [4.78, 5) is 0. The lowest BCUT2D eigenvalue weighted by atomic mass is 10.2. The van der Waals surface area contributed by atoms with Crippen LogP contribution >= 0.6 is 7.60 Å². The van der Waals surface area contributed by atoms with E-state index in [2.05, 4.69) is 0 Å². The van der Waals surface area contributed by atoms with E-state index in [1.165, 1.54) is 5.82 Å². The van der Waals surface area contributed by atoms with Gasteiger partial charge in [-0.1, -0.05) is 85.0 Å². The van der Waals surface area contributed by atoms with Crippen LogP contribution in [0.15, 0.2) is 109 Å². The van der Waals surface area contributed by atoms with Crippen LogP contribution in [-0.2, 0) is 4.57 Å². The minimum absolute atomic E-state index is 0.489. The lowest BCUT2D eigenvalue weighted by Crippen LogP contribution is -1.98. The first-order valence-electron chi connectivity index (χ1n) is 8.23. The molecule has 0 aliphatic carbocycles. The Morgan fingerprint density at radius 3 is 1.58 bits per heavy atom. The minimum Gasteiger partial charge on any atom is -0.413 e. The molecule has 130 valence electrons. The van der Waals surface area contributed by atoms with Gasteiger partial charge in [0.25, 0.3) is 0 Å². The fraction of sp³-hybridized carbons (Fsp3) is 0. The number of para-hydroxylation sites is 2. The fourth-order valence-corrected chi connectivity index (χ4v) is 3.52. The predicted octanol–water partition coefficient (Wildman–Crippen LogP) is 6.56. The van der Waals surface area contributed by atoms with Crippen LogP contribution in [0.1, 0.15) is 5.56 Å². The van der Waals surface area contributed by atoms with Crippen molar-refractivity contribution in [2.75, 3.05) is 0 Å². The zero-order valence-electron chi connectivity index (χ0n) is 14.1. The monoisotopic (exact) mass is 362 g/mol. The Kier molecular flexibility index (Phi) is 6.08. The van der Waals surface area contributed by atoms with Gasteiger partial charge in [-0.2, -0.15) is 0 Å². The second-order valence-electron chi connectivity index (χ2n) is 5.46. The molecule has 3 nitrogen and oxygen atoms in total. The van der Waals surface area contributed by atoms with E-state index in [0.717, 1.165) is 5.56 Å². The molecule has 0 spiro atoms. The highest BCUT2D eigenvalue weighted by molar-refractivity contribution is 7.58. The lowest BCUT2D eigenvalue weighted by molar-refractivity contribution is 0.398. The van der Waals surface area contributed by atoms with Crippen molar-refractivity contribution in [3.05, 3.63) is 115 Å². The standard InChI is InChI=1S/C22H19O3P/c23-26(24-21-15-6-2-7-16-21,25-22-17-8-3-9-18-22)19-11-10-14-20-12-4-1-5-13-20/h1-19H/b14-10+,19-11+. The van der Waals surface area contributed by atoms with Gasteiger partial charge in [-0.15, -0.1) is 0 Å². The van der Waals surface area contributed by atoms with Crippen molar-refractivity contribution in [2.45, 2.75) is 0 Å². The van der Waals surface area contributed by atoms with Gasteiger partial charge in [0.2, 0.25) is 0 Å². The maximum Gasteiger partial charge on any atom is 0.455 e. The van der Waals surface area contributed by atoms with Gasteiger partial charge in [0, 0.05) is 0 Å². The van der Waals surface area contributed by atoms with Crippen molar-refractivity contribution in [3.8, 4) is 11.5 Å². The molecule has 0 aliphatic heterocycles. The Bertz CT molecular complexity index is 858. The van der Waals surface area contributed by atoms with Crippen LogP contribution in [0.2, 0.25) is 0 Å². The lowest BCUT2D eigenvalue weighted by Gasteiger charge is -2.16. The van der Waals surface area contributed by atoms with Gasteiger partial charge in [-0.05, 0) is 29.8 Å². The van der Waals surface area contributed by atoms with Crippen LogP contribution in [0.4, 0.5) is 0 Å². The number of hydrogen-bond donors (Lipinski definition) is 0. The van der Waals surface area contributed by atoms with Crippen molar-refractivity contribution >= 4 is 13.7 Å². The summed E-state index contributed by atoms with van der Waals surface area (Å²) in [6.07, 6.45) is 5.41. The quantitative estimate of drug-likeness (QED) is 0.352. The summed E-state index contributed by atoms with van der Waals surface area (Å²) in [6, 6.07) is 27.9. The maximum absolute atomic E-state index is 13.2. The molecule has 3 aromatic carbocycles. The van der Waals surface area contributed by atoms with Gasteiger partial charge >= 0.3 is 7.60 Å². The molecule has 26 heavy (non-hydrogen) atoms. The molecule has 0 atom stereocenters. The molecule has 0 heterocycles. The molecular formula is C22H19O3P. The third-order valence-corrected chi connectivity index (χ3v) is 4.89. The molecule has 0 bridgehead atoms. The fourth-order valence-electron chi connectivity index (χ4n) is 2.22. The number of allylic oxidation sites excluding steroid dienone is 2. The van der Waals surface area contributed by atoms with E-state index in [1.54, 1.807) is 30.3 Å². The molecule has 0 saturated carbocycles. The number of benzene rings is 3. The van der Waals surface area contributed by atoms with Gasteiger partial charge in [0.1, 0.15) is 11.5 Å². The third-order valence-electron chi connectivity index (χ3n) is 3.42. The van der Waals surface area contributed by atoms with Gasteiger partial charge in [0.15, 0.2) is 0 Å². The summed E-state index contributed by atoms with van der Waals surface area (Å²) in [6.45, 7) is 0. The molecule has 0 fully saturated rings. The summed E-state index contributed by atoms with van der Waals surface area (Å²) < 4.78 is 24.5. The van der Waals surface area contributed by atoms with Gasteiger partial charge in [0.05, 0.1) is 5.82 Å². The molecule has 0 aliphatic rings. The zero-order chi connectivity index (χ0) is 18.1. The Morgan fingerprint density at radius 1 is 0.615 bits per heavy atom. The summed E-state index contributed by atoms with van der Waals surface area (Å²) >= 11 is 0. The van der Waals surface area contributed by atoms with Crippen molar-refractivity contribution < 1.29 is 13.6 Å². The highest BCUT2D eigenvalue weighted by Gasteiger charge is 2.24. The minimum atomic E-state index is -3.52. The predicted molar refractivity (Wildman–Crippen MR) is 106 cm³/mol. The molecule has 0 unspecified atom stereocenters. The number of rotatable bonds is 7.